The van der Waals surface area contributed by atoms with Gasteiger partial charge in [0.25, 0.3) is 0 Å². The molecule has 2 N–H and O–H groups in total. The molecule has 1 aromatic rings. The van der Waals surface area contributed by atoms with Crippen LogP contribution in [0.2, 0.25) is 0 Å². The van der Waals surface area contributed by atoms with Gasteiger partial charge in [-0.25, -0.2) is 0 Å². The number of hydrogen-bond donors (Lipinski definition) is 2. The fourth-order valence-corrected chi connectivity index (χ4v) is 2.54. The van der Waals surface area contributed by atoms with Gasteiger partial charge in [0.2, 0.25) is 0 Å². The summed E-state index contributed by atoms with van der Waals surface area (Å²) in [4.78, 5) is 0. The first-order valence-corrected chi connectivity index (χ1v) is 8.67. The second-order valence-electron chi connectivity index (χ2n) is 6.16. The Kier molecular flexibility index (Phi) is 9.17. The predicted molar refractivity (Wildman–Crippen MR) is 91.4 cm³/mol. The molecule has 22 heavy (non-hydrogen) atoms. The van der Waals surface area contributed by atoms with Crippen LogP contribution in [0, 0.1) is 0 Å². The first kappa shape index (κ1) is 19.0. The summed E-state index contributed by atoms with van der Waals surface area (Å²) >= 11 is 0. The van der Waals surface area contributed by atoms with Gasteiger partial charge in [0.1, 0.15) is 5.75 Å². The molecule has 126 valence electrons. The highest BCUT2D eigenvalue weighted by Crippen LogP contribution is 2.24. The number of unbranched alkanes of at least 4 members (excludes halogenated alkanes) is 3. The van der Waals surface area contributed by atoms with Crippen molar-refractivity contribution in [2.45, 2.75) is 77.4 Å². The van der Waals surface area contributed by atoms with Gasteiger partial charge in [0.15, 0.2) is 0 Å². The Labute approximate surface area is 135 Å². The number of aliphatic hydroxyl groups is 2. The smallest absolute Gasteiger partial charge is 0.119 e. The van der Waals surface area contributed by atoms with E-state index < -0.39 is 12.2 Å². The number of rotatable bonds is 11. The molecule has 0 aliphatic rings. The topological polar surface area (TPSA) is 49.7 Å². The van der Waals surface area contributed by atoms with Crippen LogP contribution in [0.25, 0.3) is 0 Å². The third-order valence-corrected chi connectivity index (χ3v) is 4.17. The van der Waals surface area contributed by atoms with E-state index in [-0.39, 0.29) is 5.92 Å². The van der Waals surface area contributed by atoms with Crippen LogP contribution in [0.3, 0.4) is 0 Å². The molecule has 0 saturated carbocycles. The van der Waals surface area contributed by atoms with Gasteiger partial charge in [-0.1, -0.05) is 52.2 Å². The molecule has 0 aliphatic heterocycles. The standard InChI is InChI=1S/C19H32O3/c1-4-6-7-8-13-22-17-11-9-16(10-12-17)15(3)14-19(21)18(20)5-2/h9-12,15,18-21H,4-8,13-14H2,1-3H3. The highest BCUT2D eigenvalue weighted by atomic mass is 16.5. The van der Waals surface area contributed by atoms with Crippen molar-refractivity contribution in [1.82, 2.24) is 0 Å². The molecule has 0 bridgehead atoms. The minimum absolute atomic E-state index is 0.217. The molecular formula is C19H32O3. The maximum atomic E-state index is 9.92. The Balaban J connectivity index is 2.40. The van der Waals surface area contributed by atoms with E-state index in [0.717, 1.165) is 18.8 Å². The van der Waals surface area contributed by atoms with E-state index in [9.17, 15) is 10.2 Å². The van der Waals surface area contributed by atoms with E-state index in [1.165, 1.54) is 24.8 Å². The molecule has 3 nitrogen and oxygen atoms in total. The Hall–Kier alpha value is -1.06. The van der Waals surface area contributed by atoms with E-state index in [0.29, 0.717) is 12.8 Å². The van der Waals surface area contributed by atoms with Gasteiger partial charge in [-0.05, 0) is 42.9 Å². The summed E-state index contributed by atoms with van der Waals surface area (Å²) < 4.78 is 5.73. The second kappa shape index (κ2) is 10.6. The summed E-state index contributed by atoms with van der Waals surface area (Å²) in [6, 6.07) is 8.09. The van der Waals surface area contributed by atoms with Crippen LogP contribution in [0.1, 0.15) is 70.8 Å². The van der Waals surface area contributed by atoms with Crippen molar-refractivity contribution in [3.05, 3.63) is 29.8 Å². The first-order chi connectivity index (χ1) is 10.6. The molecular weight excluding hydrogens is 276 g/mol. The normalized spacial score (nSPS) is 15.3. The number of benzene rings is 1. The molecule has 0 radical (unpaired) electrons. The molecule has 3 atom stereocenters. The van der Waals surface area contributed by atoms with Gasteiger partial charge in [-0.2, -0.15) is 0 Å². The van der Waals surface area contributed by atoms with Crippen molar-refractivity contribution in [2.24, 2.45) is 0 Å². The van der Waals surface area contributed by atoms with E-state index in [1.54, 1.807) is 0 Å². The Morgan fingerprint density at radius 3 is 2.23 bits per heavy atom. The number of ether oxygens (including phenoxy) is 1. The lowest BCUT2D eigenvalue weighted by molar-refractivity contribution is 0.00953. The van der Waals surface area contributed by atoms with Gasteiger partial charge in [-0.3, -0.25) is 0 Å². The van der Waals surface area contributed by atoms with Crippen molar-refractivity contribution >= 4 is 0 Å². The van der Waals surface area contributed by atoms with Gasteiger partial charge < -0.3 is 14.9 Å². The molecule has 0 aliphatic carbocycles. The van der Waals surface area contributed by atoms with Crippen molar-refractivity contribution in [3.8, 4) is 5.75 Å². The lowest BCUT2D eigenvalue weighted by atomic mass is 9.92. The molecule has 0 saturated heterocycles. The number of aliphatic hydroxyl groups excluding tert-OH is 2. The molecule has 1 rings (SSSR count). The van der Waals surface area contributed by atoms with Crippen LogP contribution in [0.5, 0.6) is 5.75 Å². The van der Waals surface area contributed by atoms with Crippen LogP contribution in [-0.2, 0) is 0 Å². The predicted octanol–water partition coefficient (Wildman–Crippen LogP) is 4.27. The summed E-state index contributed by atoms with van der Waals surface area (Å²) in [5.74, 6) is 1.12. The molecule has 3 unspecified atom stereocenters. The minimum Gasteiger partial charge on any atom is -0.494 e. The summed E-state index contributed by atoms with van der Waals surface area (Å²) in [6.45, 7) is 6.94. The third kappa shape index (κ3) is 6.80. The van der Waals surface area contributed by atoms with Crippen molar-refractivity contribution in [2.75, 3.05) is 6.61 Å². The highest BCUT2D eigenvalue weighted by Gasteiger charge is 2.18. The van der Waals surface area contributed by atoms with E-state index in [4.69, 9.17) is 4.74 Å². The molecule has 0 aromatic heterocycles. The zero-order valence-electron chi connectivity index (χ0n) is 14.3. The molecule has 1 aromatic carbocycles. The van der Waals surface area contributed by atoms with Crippen LogP contribution in [-0.4, -0.2) is 29.0 Å². The van der Waals surface area contributed by atoms with Crippen LogP contribution < -0.4 is 4.74 Å². The van der Waals surface area contributed by atoms with E-state index in [1.807, 2.05) is 19.1 Å². The SMILES string of the molecule is CCCCCCOc1ccc(C(C)CC(O)C(O)CC)cc1. The Morgan fingerprint density at radius 1 is 0.955 bits per heavy atom. The largest absolute Gasteiger partial charge is 0.494 e. The maximum absolute atomic E-state index is 9.92. The third-order valence-electron chi connectivity index (χ3n) is 4.17. The van der Waals surface area contributed by atoms with Gasteiger partial charge in [0.05, 0.1) is 18.8 Å². The van der Waals surface area contributed by atoms with Crippen molar-refractivity contribution < 1.29 is 14.9 Å². The quantitative estimate of drug-likeness (QED) is 0.600. The molecule has 0 fully saturated rings. The average Bonchev–Trinajstić information content (AvgIpc) is 2.54. The van der Waals surface area contributed by atoms with E-state index in [2.05, 4.69) is 26.0 Å². The number of hydrogen-bond acceptors (Lipinski definition) is 3. The summed E-state index contributed by atoms with van der Waals surface area (Å²) in [5.41, 5.74) is 1.17. The molecule has 0 amide bonds. The molecule has 3 heteroatoms. The zero-order valence-corrected chi connectivity index (χ0v) is 14.3. The first-order valence-electron chi connectivity index (χ1n) is 8.67. The maximum Gasteiger partial charge on any atom is 0.119 e. The highest BCUT2D eigenvalue weighted by molar-refractivity contribution is 5.29. The molecule has 0 heterocycles. The van der Waals surface area contributed by atoms with E-state index >= 15 is 0 Å². The Bertz CT molecular complexity index is 388. The fourth-order valence-electron chi connectivity index (χ4n) is 2.54. The summed E-state index contributed by atoms with van der Waals surface area (Å²) in [5, 5.41) is 19.6. The minimum atomic E-state index is -0.658. The van der Waals surface area contributed by atoms with Crippen molar-refractivity contribution in [3.63, 3.8) is 0 Å². The lowest BCUT2D eigenvalue weighted by Gasteiger charge is -2.20. The van der Waals surface area contributed by atoms with Crippen LogP contribution >= 0.6 is 0 Å². The summed E-state index contributed by atoms with van der Waals surface area (Å²) in [6.07, 6.45) is 4.71. The van der Waals surface area contributed by atoms with Crippen LogP contribution in [0.4, 0.5) is 0 Å². The lowest BCUT2D eigenvalue weighted by Crippen LogP contribution is -2.26. The fraction of sp³-hybridized carbons (Fsp3) is 0.684. The molecule has 0 spiro atoms. The van der Waals surface area contributed by atoms with Crippen molar-refractivity contribution in [1.29, 1.82) is 0 Å². The van der Waals surface area contributed by atoms with Gasteiger partial charge in [0, 0.05) is 0 Å². The second-order valence-corrected chi connectivity index (χ2v) is 6.16. The summed E-state index contributed by atoms with van der Waals surface area (Å²) in [7, 11) is 0. The Morgan fingerprint density at radius 2 is 1.64 bits per heavy atom. The zero-order chi connectivity index (χ0) is 16.4. The van der Waals surface area contributed by atoms with Gasteiger partial charge in [-0.15, -0.1) is 0 Å². The van der Waals surface area contributed by atoms with Gasteiger partial charge >= 0.3 is 0 Å². The van der Waals surface area contributed by atoms with Crippen LogP contribution in [0.15, 0.2) is 24.3 Å². The monoisotopic (exact) mass is 308 g/mol. The average molecular weight is 308 g/mol.